The Kier molecular flexibility index (Phi) is 6.42. The van der Waals surface area contributed by atoms with Gasteiger partial charge in [-0.05, 0) is 87.5 Å². The second kappa shape index (κ2) is 8.36. The molecule has 2 aromatic rings. The van der Waals surface area contributed by atoms with Crippen LogP contribution in [0.3, 0.4) is 0 Å². The van der Waals surface area contributed by atoms with Gasteiger partial charge < -0.3 is 0 Å². The predicted octanol–water partition coefficient (Wildman–Crippen LogP) is 9.66. The molecule has 0 atom stereocenters. The minimum atomic E-state index is 0.0638. The molecule has 0 amide bonds. The smallest absolute Gasteiger partial charge is 0.0123 e. The molecule has 0 unspecified atom stereocenters. The quantitative estimate of drug-likeness (QED) is 0.446. The van der Waals surface area contributed by atoms with E-state index >= 15 is 0 Å². The predicted molar refractivity (Wildman–Crippen MR) is 143 cm³/mol. The van der Waals surface area contributed by atoms with Crippen LogP contribution in [0, 0.1) is 12.3 Å². The fraction of sp³-hybridized carbons (Fsp3) is 0.500. The summed E-state index contributed by atoms with van der Waals surface area (Å²) in [4.78, 5) is 0. The first kappa shape index (κ1) is 24.6. The molecule has 0 aromatic heterocycles. The number of aryl methyl sites for hydroxylation is 1. The fourth-order valence-electron chi connectivity index (χ4n) is 4.93. The lowest BCUT2D eigenvalue weighted by Crippen LogP contribution is -2.20. The highest BCUT2D eigenvalue weighted by Gasteiger charge is 2.31. The molecule has 2 aromatic carbocycles. The van der Waals surface area contributed by atoms with Crippen molar-refractivity contribution in [2.24, 2.45) is 5.41 Å². The van der Waals surface area contributed by atoms with Gasteiger partial charge in [0, 0.05) is 0 Å². The minimum absolute atomic E-state index is 0.0638. The van der Waals surface area contributed by atoms with Gasteiger partial charge in [-0.25, -0.2) is 0 Å². The molecule has 0 radical (unpaired) electrons. The summed E-state index contributed by atoms with van der Waals surface area (Å²) in [6.07, 6.45) is 2.24. The molecule has 0 fully saturated rings. The first-order chi connectivity index (χ1) is 14.6. The third-order valence-corrected chi connectivity index (χ3v) is 6.91. The number of hydrogen-bond donors (Lipinski definition) is 0. The lowest BCUT2D eigenvalue weighted by atomic mass is 9.69. The van der Waals surface area contributed by atoms with Gasteiger partial charge in [0.25, 0.3) is 0 Å². The van der Waals surface area contributed by atoms with E-state index in [4.69, 9.17) is 0 Å². The standard InChI is InChI=1S/C32H44/c1-21-14-12-13-15-26(21)28-22(2)16-17-27(29(28)32(9,10)11)23-18-24(30(3,4)5)20-25(19-23)31(6,7)8/h12-15,18-20H,16-17H2,1-11H3. The summed E-state index contributed by atoms with van der Waals surface area (Å²) in [6.45, 7) is 25.8. The first-order valence-electron chi connectivity index (χ1n) is 12.3. The van der Waals surface area contributed by atoms with Gasteiger partial charge in [-0.2, -0.15) is 0 Å². The van der Waals surface area contributed by atoms with Crippen molar-refractivity contribution in [3.63, 3.8) is 0 Å². The average Bonchev–Trinajstić information content (AvgIpc) is 2.66. The van der Waals surface area contributed by atoms with Gasteiger partial charge >= 0.3 is 0 Å². The van der Waals surface area contributed by atoms with Gasteiger partial charge in [0.1, 0.15) is 0 Å². The van der Waals surface area contributed by atoms with E-state index < -0.39 is 0 Å². The third-order valence-electron chi connectivity index (χ3n) is 6.91. The highest BCUT2D eigenvalue weighted by atomic mass is 14.4. The maximum Gasteiger partial charge on any atom is -0.0123 e. The molecule has 0 saturated heterocycles. The molecule has 32 heavy (non-hydrogen) atoms. The highest BCUT2D eigenvalue weighted by Crippen LogP contribution is 2.49. The first-order valence-corrected chi connectivity index (χ1v) is 12.3. The number of benzene rings is 2. The molecule has 0 bridgehead atoms. The lowest BCUT2D eigenvalue weighted by Gasteiger charge is -2.36. The van der Waals surface area contributed by atoms with E-state index in [1.54, 1.807) is 0 Å². The van der Waals surface area contributed by atoms with Crippen molar-refractivity contribution < 1.29 is 0 Å². The van der Waals surface area contributed by atoms with Gasteiger partial charge in [0.05, 0.1) is 0 Å². The Labute approximate surface area is 197 Å². The Morgan fingerprint density at radius 1 is 0.625 bits per heavy atom. The summed E-state index contributed by atoms with van der Waals surface area (Å²) in [5.41, 5.74) is 13.4. The molecule has 1 aliphatic carbocycles. The van der Waals surface area contributed by atoms with E-state index in [1.165, 1.54) is 50.1 Å². The molecule has 1 aliphatic rings. The van der Waals surface area contributed by atoms with Crippen molar-refractivity contribution in [2.75, 3.05) is 0 Å². The van der Waals surface area contributed by atoms with E-state index in [1.807, 2.05) is 0 Å². The molecule has 3 rings (SSSR count). The summed E-state index contributed by atoms with van der Waals surface area (Å²) in [5, 5.41) is 0. The molecule has 0 nitrogen and oxygen atoms in total. The number of rotatable bonds is 2. The average molecular weight is 429 g/mol. The SMILES string of the molecule is CC1=C(c2ccccc2C)C(C(C)(C)C)=C(c2cc(C(C)(C)C)cc(C(C)(C)C)c2)CC1. The highest BCUT2D eigenvalue weighted by molar-refractivity contribution is 5.94. The Morgan fingerprint density at radius 2 is 1.16 bits per heavy atom. The monoisotopic (exact) mass is 428 g/mol. The summed E-state index contributed by atoms with van der Waals surface area (Å²) in [7, 11) is 0. The molecule has 0 saturated carbocycles. The molecule has 0 spiro atoms. The fourth-order valence-corrected chi connectivity index (χ4v) is 4.93. The molecular formula is C32H44. The molecule has 172 valence electrons. The zero-order valence-electron chi connectivity index (χ0n) is 22.5. The van der Waals surface area contributed by atoms with Crippen LogP contribution in [-0.2, 0) is 10.8 Å². The summed E-state index contributed by atoms with van der Waals surface area (Å²) < 4.78 is 0. The van der Waals surface area contributed by atoms with E-state index in [2.05, 4.69) is 119 Å². The van der Waals surface area contributed by atoms with Gasteiger partial charge in [0.15, 0.2) is 0 Å². The van der Waals surface area contributed by atoms with Crippen molar-refractivity contribution >= 4 is 11.1 Å². The van der Waals surface area contributed by atoms with Gasteiger partial charge in [0.2, 0.25) is 0 Å². The number of allylic oxidation sites excluding steroid dienone is 4. The van der Waals surface area contributed by atoms with Crippen molar-refractivity contribution in [1.29, 1.82) is 0 Å². The van der Waals surface area contributed by atoms with Crippen LogP contribution in [-0.4, -0.2) is 0 Å². The van der Waals surface area contributed by atoms with Crippen LogP contribution in [0.5, 0.6) is 0 Å². The van der Waals surface area contributed by atoms with Crippen molar-refractivity contribution in [2.45, 2.75) is 99.8 Å². The van der Waals surface area contributed by atoms with Crippen molar-refractivity contribution in [1.82, 2.24) is 0 Å². The zero-order valence-corrected chi connectivity index (χ0v) is 22.5. The van der Waals surface area contributed by atoms with E-state index in [-0.39, 0.29) is 16.2 Å². The Bertz CT molecular complexity index is 1030. The maximum atomic E-state index is 2.48. The van der Waals surface area contributed by atoms with Gasteiger partial charge in [-0.1, -0.05) is 110 Å². The molecule has 0 aliphatic heterocycles. The normalized spacial score (nSPS) is 16.1. The van der Waals surface area contributed by atoms with Crippen LogP contribution in [0.2, 0.25) is 0 Å². The zero-order chi connectivity index (χ0) is 24.1. The maximum absolute atomic E-state index is 2.48. The van der Waals surface area contributed by atoms with Crippen LogP contribution >= 0.6 is 0 Å². The second-order valence-corrected chi connectivity index (χ2v) is 12.9. The Hall–Kier alpha value is -2.08. The van der Waals surface area contributed by atoms with E-state index in [0.29, 0.717) is 0 Å². The molecule has 0 heteroatoms. The molecular weight excluding hydrogens is 384 g/mol. The number of hydrogen-bond acceptors (Lipinski definition) is 0. The topological polar surface area (TPSA) is 0 Å². The van der Waals surface area contributed by atoms with Crippen LogP contribution < -0.4 is 0 Å². The summed E-state index contributed by atoms with van der Waals surface area (Å²) in [5.74, 6) is 0. The summed E-state index contributed by atoms with van der Waals surface area (Å²) in [6, 6.07) is 16.3. The van der Waals surface area contributed by atoms with E-state index in [9.17, 15) is 0 Å². The molecule has 0 heterocycles. The van der Waals surface area contributed by atoms with Crippen LogP contribution in [0.15, 0.2) is 53.6 Å². The van der Waals surface area contributed by atoms with Gasteiger partial charge in [-0.3, -0.25) is 0 Å². The minimum Gasteiger partial charge on any atom is -0.0648 e. The second-order valence-electron chi connectivity index (χ2n) is 12.9. The Balaban J connectivity index is 2.39. The largest absolute Gasteiger partial charge is 0.0648 e. The van der Waals surface area contributed by atoms with E-state index in [0.717, 1.165) is 12.8 Å². The summed E-state index contributed by atoms with van der Waals surface area (Å²) >= 11 is 0. The van der Waals surface area contributed by atoms with Crippen LogP contribution in [0.4, 0.5) is 0 Å². The Morgan fingerprint density at radius 3 is 1.62 bits per heavy atom. The van der Waals surface area contributed by atoms with Crippen molar-refractivity contribution in [3.05, 3.63) is 81.4 Å². The van der Waals surface area contributed by atoms with Crippen LogP contribution in [0.1, 0.15) is 110 Å². The van der Waals surface area contributed by atoms with Crippen molar-refractivity contribution in [3.8, 4) is 0 Å². The van der Waals surface area contributed by atoms with Gasteiger partial charge in [-0.15, -0.1) is 0 Å². The molecule has 0 N–H and O–H groups in total. The third kappa shape index (κ3) is 4.95. The van der Waals surface area contributed by atoms with Crippen LogP contribution in [0.25, 0.3) is 11.1 Å². The lowest BCUT2D eigenvalue weighted by molar-refractivity contribution is 0.518.